The number of carbonyl (C=O) groups is 6. The molecule has 0 aromatic heterocycles. The Morgan fingerprint density at radius 1 is 0.725 bits per heavy atom. The first kappa shape index (κ1) is 38.5. The van der Waals surface area contributed by atoms with Gasteiger partial charge in [-0.25, -0.2) is 9.59 Å². The largest absolute Gasteiger partial charge is 0.480 e. The number of thiocarbonyl (C=S) groups is 1. The molecule has 4 N–H and O–H groups in total. The van der Waals surface area contributed by atoms with Crippen LogP contribution in [0.25, 0.3) is 11.1 Å². The van der Waals surface area contributed by atoms with Crippen molar-refractivity contribution in [2.24, 2.45) is 0 Å². The number of aliphatic carboxylic acids is 1. The van der Waals surface area contributed by atoms with E-state index < -0.39 is 79.1 Å². The Labute approximate surface area is 298 Å². The average Bonchev–Trinajstić information content (AvgIpc) is 3.38. The second-order valence-electron chi connectivity index (χ2n) is 11.7. The molecule has 1 heterocycles. The summed E-state index contributed by atoms with van der Waals surface area (Å²) >= 11 is 5.31. The summed E-state index contributed by atoms with van der Waals surface area (Å²) in [6.45, 7) is 3.50. The molecule has 0 radical (unpaired) electrons. The number of esters is 4. The van der Waals surface area contributed by atoms with Gasteiger partial charge in [-0.1, -0.05) is 48.5 Å². The molecule has 0 saturated carbocycles. The van der Waals surface area contributed by atoms with Gasteiger partial charge in [-0.2, -0.15) is 0 Å². The number of fused-ring (bicyclic) bond motifs is 3. The summed E-state index contributed by atoms with van der Waals surface area (Å²) in [5.74, 6) is -4.57. The van der Waals surface area contributed by atoms with Gasteiger partial charge in [0.2, 0.25) is 0 Å². The van der Waals surface area contributed by atoms with Crippen LogP contribution in [0.5, 0.6) is 0 Å². The number of ether oxygens (including phenoxy) is 6. The van der Waals surface area contributed by atoms with Gasteiger partial charge in [-0.15, -0.1) is 0 Å². The van der Waals surface area contributed by atoms with Crippen LogP contribution in [0.15, 0.2) is 48.5 Å². The Morgan fingerprint density at radius 3 is 1.78 bits per heavy atom. The first-order valence-corrected chi connectivity index (χ1v) is 16.3. The molecule has 1 saturated heterocycles. The molecule has 1 amide bonds. The van der Waals surface area contributed by atoms with E-state index in [2.05, 4.69) is 16.0 Å². The van der Waals surface area contributed by atoms with E-state index in [4.69, 9.17) is 40.6 Å². The van der Waals surface area contributed by atoms with Crippen molar-refractivity contribution in [3.05, 3.63) is 59.7 Å². The minimum absolute atomic E-state index is 0.0183. The lowest BCUT2D eigenvalue weighted by Gasteiger charge is -2.44. The minimum Gasteiger partial charge on any atom is -0.480 e. The van der Waals surface area contributed by atoms with Crippen LogP contribution in [0, 0.1) is 0 Å². The van der Waals surface area contributed by atoms with Crippen LogP contribution in [-0.2, 0) is 52.4 Å². The van der Waals surface area contributed by atoms with E-state index in [9.17, 15) is 33.9 Å². The molecule has 6 atom stereocenters. The second-order valence-corrected chi connectivity index (χ2v) is 12.1. The monoisotopic (exact) mass is 729 g/mol. The number of alkyl carbamates (subject to hydrolysis) is 1. The maximum atomic E-state index is 12.7. The zero-order valence-corrected chi connectivity index (χ0v) is 29.1. The van der Waals surface area contributed by atoms with Gasteiger partial charge in [0, 0.05) is 46.7 Å². The molecule has 17 heteroatoms. The molecule has 51 heavy (non-hydrogen) atoms. The Kier molecular flexibility index (Phi) is 13.3. The highest BCUT2D eigenvalue weighted by atomic mass is 32.1. The number of rotatable bonds is 13. The van der Waals surface area contributed by atoms with Crippen molar-refractivity contribution in [2.45, 2.75) is 70.2 Å². The number of nitrogens with one attached hydrogen (secondary N) is 3. The standard InChI is InChI=1S/C34H39N3O13S/c1-17(38)45-16-28-30(48-19(3)40)31(49-20(4)41)29(47-18(2)39)27(50-28)14-36-33(51)35-13-26(32(42)43)37-34(44)46-15-25-23-11-7-5-9-21(23)22-10-6-8-12-24(22)25/h5-12,25-31H,13-16H2,1-4H3,(H,37,44)(H,42,43)(H2,35,36,51)/t26-,27-,28+,29+,30+,31+/m0/s1. The molecule has 274 valence electrons. The van der Waals surface area contributed by atoms with Crippen LogP contribution >= 0.6 is 12.2 Å². The summed E-state index contributed by atoms with van der Waals surface area (Å²) in [4.78, 5) is 72.3. The van der Waals surface area contributed by atoms with Crippen molar-refractivity contribution in [2.75, 3.05) is 26.3 Å². The molecule has 16 nitrogen and oxygen atoms in total. The Morgan fingerprint density at radius 2 is 1.25 bits per heavy atom. The number of amides is 1. The molecular weight excluding hydrogens is 690 g/mol. The van der Waals surface area contributed by atoms with Crippen molar-refractivity contribution < 1.29 is 62.3 Å². The van der Waals surface area contributed by atoms with Gasteiger partial charge in [-0.3, -0.25) is 19.2 Å². The summed E-state index contributed by atoms with van der Waals surface area (Å²) in [7, 11) is 0. The highest BCUT2D eigenvalue weighted by Gasteiger charge is 2.52. The first-order valence-electron chi connectivity index (χ1n) is 15.9. The van der Waals surface area contributed by atoms with Crippen LogP contribution in [0.2, 0.25) is 0 Å². The molecule has 0 spiro atoms. The second kappa shape index (κ2) is 17.6. The zero-order valence-electron chi connectivity index (χ0n) is 28.2. The predicted octanol–water partition coefficient (Wildman–Crippen LogP) is 1.57. The first-order chi connectivity index (χ1) is 24.2. The van der Waals surface area contributed by atoms with E-state index in [1.54, 1.807) is 0 Å². The molecule has 1 fully saturated rings. The number of benzene rings is 2. The van der Waals surface area contributed by atoms with E-state index in [0.717, 1.165) is 49.9 Å². The van der Waals surface area contributed by atoms with Crippen molar-refractivity contribution in [1.82, 2.24) is 16.0 Å². The quantitative estimate of drug-likeness (QED) is 0.131. The summed E-state index contributed by atoms with van der Waals surface area (Å²) < 4.78 is 32.7. The van der Waals surface area contributed by atoms with Crippen LogP contribution in [0.3, 0.4) is 0 Å². The molecule has 1 aliphatic carbocycles. The highest BCUT2D eigenvalue weighted by Crippen LogP contribution is 2.44. The average molecular weight is 730 g/mol. The molecular formula is C34H39N3O13S. The normalized spacial score (nSPS) is 21.1. The van der Waals surface area contributed by atoms with Crippen molar-refractivity contribution in [1.29, 1.82) is 0 Å². The third-order valence-corrected chi connectivity index (χ3v) is 8.24. The van der Waals surface area contributed by atoms with E-state index in [0.29, 0.717) is 0 Å². The van der Waals surface area contributed by atoms with Crippen molar-refractivity contribution in [3.8, 4) is 11.1 Å². The van der Waals surface area contributed by atoms with Gasteiger partial charge in [0.05, 0.1) is 0 Å². The van der Waals surface area contributed by atoms with Crippen LogP contribution in [-0.4, -0.2) is 109 Å². The molecule has 0 unspecified atom stereocenters. The van der Waals surface area contributed by atoms with E-state index in [-0.39, 0.29) is 30.7 Å². The van der Waals surface area contributed by atoms with E-state index in [1.165, 1.54) is 0 Å². The number of carboxylic acids is 1. The maximum Gasteiger partial charge on any atom is 0.407 e. The number of hydrogen-bond donors (Lipinski definition) is 4. The van der Waals surface area contributed by atoms with Gasteiger partial charge >= 0.3 is 35.9 Å². The Balaban J connectivity index is 1.37. The van der Waals surface area contributed by atoms with Gasteiger partial charge in [0.15, 0.2) is 23.4 Å². The smallest absolute Gasteiger partial charge is 0.407 e. The van der Waals surface area contributed by atoms with Gasteiger partial charge in [-0.05, 0) is 34.5 Å². The van der Waals surface area contributed by atoms with Crippen molar-refractivity contribution >= 4 is 53.3 Å². The third-order valence-electron chi connectivity index (χ3n) is 7.95. The zero-order chi connectivity index (χ0) is 37.2. The summed E-state index contributed by atoms with van der Waals surface area (Å²) in [5, 5.41) is 17.5. The van der Waals surface area contributed by atoms with Crippen LogP contribution < -0.4 is 16.0 Å². The SMILES string of the molecule is CC(=O)OC[C@H]1O[C@@H](CNC(=S)NC[C@H](NC(=O)OCC2c3ccccc3-c3ccccc32)C(=O)O)[C@@H](OC(C)=O)[C@@H](OC(C)=O)[C@@H]1OC(C)=O. The molecule has 2 aromatic carbocycles. The lowest BCUT2D eigenvalue weighted by Crippen LogP contribution is -2.64. The molecule has 4 rings (SSSR count). The van der Waals surface area contributed by atoms with Crippen LogP contribution in [0.1, 0.15) is 44.7 Å². The van der Waals surface area contributed by atoms with E-state index >= 15 is 0 Å². The van der Waals surface area contributed by atoms with Crippen LogP contribution in [0.4, 0.5) is 4.79 Å². The minimum atomic E-state index is -1.45. The molecule has 1 aliphatic heterocycles. The predicted molar refractivity (Wildman–Crippen MR) is 180 cm³/mol. The molecule has 2 aliphatic rings. The summed E-state index contributed by atoms with van der Waals surface area (Å²) in [6.07, 6.45) is -7.21. The van der Waals surface area contributed by atoms with Crippen molar-refractivity contribution in [3.63, 3.8) is 0 Å². The summed E-state index contributed by atoms with van der Waals surface area (Å²) in [5.41, 5.74) is 4.08. The van der Waals surface area contributed by atoms with Gasteiger partial charge < -0.3 is 49.5 Å². The molecule has 2 aromatic rings. The van der Waals surface area contributed by atoms with Gasteiger partial charge in [0.1, 0.15) is 31.5 Å². The maximum absolute atomic E-state index is 12.7. The Bertz CT molecular complexity index is 1610. The number of carbonyl (C=O) groups excluding carboxylic acids is 5. The topological polar surface area (TPSA) is 214 Å². The van der Waals surface area contributed by atoms with Gasteiger partial charge in [0.25, 0.3) is 0 Å². The number of carboxylic acid groups (broad SMARTS) is 1. The lowest BCUT2D eigenvalue weighted by molar-refractivity contribution is -0.251. The van der Waals surface area contributed by atoms with E-state index in [1.807, 2.05) is 48.5 Å². The fourth-order valence-electron chi connectivity index (χ4n) is 5.92. The molecule has 0 bridgehead atoms. The highest BCUT2D eigenvalue weighted by molar-refractivity contribution is 7.80. The fraction of sp³-hybridized carbons (Fsp3) is 0.441. The lowest BCUT2D eigenvalue weighted by atomic mass is 9.94. The Hall–Kier alpha value is -5.29. The summed E-state index contributed by atoms with van der Waals surface area (Å²) in [6, 6.07) is 14.1. The number of hydrogen-bond acceptors (Lipinski definition) is 13. The third kappa shape index (κ3) is 10.4. The fourth-order valence-corrected chi connectivity index (χ4v) is 6.08.